The molecule has 0 saturated heterocycles. The van der Waals surface area contributed by atoms with Crippen molar-refractivity contribution in [2.45, 2.75) is 0 Å². The van der Waals surface area contributed by atoms with Gasteiger partial charge in [0.2, 0.25) is 11.9 Å². The predicted octanol–water partition coefficient (Wildman–Crippen LogP) is 4.84. The molecule has 1 aromatic heterocycles. The minimum Gasteiger partial charge on any atom is -0.348 e. The van der Waals surface area contributed by atoms with E-state index in [9.17, 15) is 26.3 Å². The standard InChI is InChI=1S/C12HCl2F6N3/c13-3-9(4(14)12(20)23-11(3)19)22-10-7(17)5(15)2(1-21)6(16)8(10)18/h(H,22,23). The van der Waals surface area contributed by atoms with Gasteiger partial charge >= 0.3 is 0 Å². The topological polar surface area (TPSA) is 48.7 Å². The van der Waals surface area contributed by atoms with Gasteiger partial charge in [-0.1, -0.05) is 23.2 Å². The molecular formula is C12HCl2F6N3. The van der Waals surface area contributed by atoms with Crippen LogP contribution in [0.3, 0.4) is 0 Å². The molecule has 0 amide bonds. The highest BCUT2D eigenvalue weighted by Gasteiger charge is 2.27. The Balaban J connectivity index is 2.71. The fraction of sp³-hybridized carbons (Fsp3) is 0. The summed E-state index contributed by atoms with van der Waals surface area (Å²) in [6.45, 7) is 0. The van der Waals surface area contributed by atoms with E-state index in [2.05, 4.69) is 4.98 Å². The molecule has 0 aliphatic rings. The van der Waals surface area contributed by atoms with Crippen LogP contribution in [-0.2, 0) is 0 Å². The minimum absolute atomic E-state index is 0.903. The van der Waals surface area contributed by atoms with Crippen molar-refractivity contribution < 1.29 is 26.3 Å². The van der Waals surface area contributed by atoms with E-state index >= 15 is 0 Å². The third-order valence-electron chi connectivity index (χ3n) is 2.62. The molecule has 0 atom stereocenters. The first-order valence-corrected chi connectivity index (χ1v) is 6.19. The number of nitrogens with zero attached hydrogens (tertiary/aromatic N) is 2. The van der Waals surface area contributed by atoms with Gasteiger partial charge in [0.25, 0.3) is 0 Å². The maximum atomic E-state index is 13.8. The number of nitriles is 1. The molecule has 0 radical (unpaired) electrons. The van der Waals surface area contributed by atoms with Gasteiger partial charge in [-0.05, 0) is 0 Å². The Morgan fingerprint density at radius 3 is 1.61 bits per heavy atom. The summed E-state index contributed by atoms with van der Waals surface area (Å²) in [5.74, 6) is -11.2. The van der Waals surface area contributed by atoms with Gasteiger partial charge < -0.3 is 5.32 Å². The summed E-state index contributed by atoms with van der Waals surface area (Å²) in [6.07, 6.45) is 0. The molecule has 0 saturated carbocycles. The van der Waals surface area contributed by atoms with E-state index in [1.807, 2.05) is 0 Å². The monoisotopic (exact) mass is 371 g/mol. The number of aromatic nitrogens is 1. The van der Waals surface area contributed by atoms with Crippen LogP contribution in [0.4, 0.5) is 37.7 Å². The maximum Gasteiger partial charge on any atom is 0.236 e. The van der Waals surface area contributed by atoms with Gasteiger partial charge in [-0.25, -0.2) is 17.6 Å². The molecule has 11 heteroatoms. The zero-order chi connectivity index (χ0) is 17.5. The smallest absolute Gasteiger partial charge is 0.236 e. The van der Waals surface area contributed by atoms with Crippen LogP contribution in [0.15, 0.2) is 0 Å². The van der Waals surface area contributed by atoms with E-state index in [1.165, 1.54) is 0 Å². The highest BCUT2D eigenvalue weighted by Crippen LogP contribution is 2.38. The fourth-order valence-corrected chi connectivity index (χ4v) is 1.98. The van der Waals surface area contributed by atoms with Crippen LogP contribution in [0, 0.1) is 46.5 Å². The van der Waals surface area contributed by atoms with E-state index < -0.39 is 62.1 Å². The largest absolute Gasteiger partial charge is 0.348 e. The lowest BCUT2D eigenvalue weighted by Gasteiger charge is -2.14. The van der Waals surface area contributed by atoms with Crippen LogP contribution in [0.5, 0.6) is 0 Å². The molecule has 23 heavy (non-hydrogen) atoms. The Kier molecular flexibility index (Phi) is 4.58. The molecule has 0 fully saturated rings. The number of anilines is 2. The van der Waals surface area contributed by atoms with Crippen molar-refractivity contribution in [3.05, 3.63) is 50.8 Å². The molecule has 2 rings (SSSR count). The summed E-state index contributed by atoms with van der Waals surface area (Å²) < 4.78 is 81.0. The molecule has 1 N–H and O–H groups in total. The number of hydrogen-bond donors (Lipinski definition) is 1. The minimum atomic E-state index is -2.01. The molecule has 2 aromatic rings. The van der Waals surface area contributed by atoms with Crippen LogP contribution in [-0.4, -0.2) is 4.98 Å². The lowest BCUT2D eigenvalue weighted by Crippen LogP contribution is -2.08. The molecule has 0 aliphatic heterocycles. The van der Waals surface area contributed by atoms with Crippen molar-refractivity contribution in [3.63, 3.8) is 0 Å². The SMILES string of the molecule is N#Cc1c(F)c(F)c(Nc2c(Cl)c(F)nc(F)c2Cl)c(F)c1F. The third-order valence-corrected chi connectivity index (χ3v) is 3.31. The van der Waals surface area contributed by atoms with Gasteiger partial charge in [0.05, 0.1) is 5.69 Å². The summed E-state index contributed by atoms with van der Waals surface area (Å²) in [7, 11) is 0. The summed E-state index contributed by atoms with van der Waals surface area (Å²) in [4.78, 5) is 2.67. The molecule has 0 bridgehead atoms. The van der Waals surface area contributed by atoms with Crippen LogP contribution < -0.4 is 5.32 Å². The molecular weight excluding hydrogens is 371 g/mol. The Morgan fingerprint density at radius 1 is 0.783 bits per heavy atom. The second kappa shape index (κ2) is 6.14. The molecule has 0 aliphatic carbocycles. The summed E-state index contributed by atoms with van der Waals surface area (Å²) in [5.41, 5.74) is -3.89. The molecule has 120 valence electrons. The van der Waals surface area contributed by atoms with Crippen molar-refractivity contribution in [2.24, 2.45) is 0 Å². The summed E-state index contributed by atoms with van der Waals surface area (Å²) >= 11 is 10.9. The number of halogens is 8. The zero-order valence-electron chi connectivity index (χ0n) is 10.4. The molecule has 1 aromatic carbocycles. The normalized spacial score (nSPS) is 10.6. The first-order chi connectivity index (χ1) is 10.7. The predicted molar refractivity (Wildman–Crippen MR) is 68.4 cm³/mol. The number of rotatable bonds is 2. The highest BCUT2D eigenvalue weighted by molar-refractivity contribution is 6.39. The number of nitrogens with one attached hydrogen (secondary N) is 1. The molecule has 1 heterocycles. The van der Waals surface area contributed by atoms with Gasteiger partial charge in [0.1, 0.15) is 27.4 Å². The fourth-order valence-electron chi connectivity index (χ4n) is 1.56. The van der Waals surface area contributed by atoms with Crippen molar-refractivity contribution in [1.82, 2.24) is 4.98 Å². The van der Waals surface area contributed by atoms with Gasteiger partial charge in [-0.3, -0.25) is 0 Å². The van der Waals surface area contributed by atoms with E-state index in [4.69, 9.17) is 28.5 Å². The second-order valence-electron chi connectivity index (χ2n) is 3.94. The Hall–Kier alpha value is -2.18. The second-order valence-corrected chi connectivity index (χ2v) is 4.70. The maximum absolute atomic E-state index is 13.8. The lowest BCUT2D eigenvalue weighted by molar-refractivity contribution is 0.455. The van der Waals surface area contributed by atoms with Crippen molar-refractivity contribution in [2.75, 3.05) is 5.32 Å². The number of benzene rings is 1. The van der Waals surface area contributed by atoms with Gasteiger partial charge in [0, 0.05) is 0 Å². The van der Waals surface area contributed by atoms with E-state index in [1.54, 1.807) is 5.32 Å². The summed E-state index contributed by atoms with van der Waals surface area (Å²) in [6, 6.07) is 0.937. The van der Waals surface area contributed by atoms with E-state index in [0.29, 0.717) is 0 Å². The highest BCUT2D eigenvalue weighted by atomic mass is 35.5. The van der Waals surface area contributed by atoms with Crippen LogP contribution >= 0.6 is 23.2 Å². The van der Waals surface area contributed by atoms with Crippen LogP contribution in [0.25, 0.3) is 0 Å². The Morgan fingerprint density at radius 2 is 1.22 bits per heavy atom. The van der Waals surface area contributed by atoms with E-state index in [0.717, 1.165) is 6.07 Å². The first kappa shape index (κ1) is 17.2. The molecule has 3 nitrogen and oxygen atoms in total. The van der Waals surface area contributed by atoms with Crippen molar-refractivity contribution >= 4 is 34.6 Å². The van der Waals surface area contributed by atoms with Gasteiger partial charge in [-0.2, -0.15) is 19.0 Å². The average Bonchev–Trinajstić information content (AvgIpc) is 2.51. The van der Waals surface area contributed by atoms with Crippen LogP contribution in [0.1, 0.15) is 5.56 Å². The Labute approximate surface area is 134 Å². The van der Waals surface area contributed by atoms with Gasteiger partial charge in [-0.15, -0.1) is 0 Å². The van der Waals surface area contributed by atoms with Crippen molar-refractivity contribution in [3.8, 4) is 6.07 Å². The number of hydrogen-bond acceptors (Lipinski definition) is 3. The van der Waals surface area contributed by atoms with E-state index in [-0.39, 0.29) is 0 Å². The third kappa shape index (κ3) is 2.75. The average molecular weight is 372 g/mol. The first-order valence-electron chi connectivity index (χ1n) is 5.43. The van der Waals surface area contributed by atoms with Gasteiger partial charge in [0.15, 0.2) is 23.3 Å². The van der Waals surface area contributed by atoms with Crippen molar-refractivity contribution in [1.29, 1.82) is 5.26 Å². The quantitative estimate of drug-likeness (QED) is 0.466. The zero-order valence-corrected chi connectivity index (χ0v) is 11.9. The Bertz CT molecular complexity index is 810. The molecule has 0 unspecified atom stereocenters. The summed E-state index contributed by atoms with van der Waals surface area (Å²) in [5, 5.41) is 8.18. The lowest BCUT2D eigenvalue weighted by atomic mass is 10.1. The number of pyridine rings is 1. The van der Waals surface area contributed by atoms with Crippen LogP contribution in [0.2, 0.25) is 10.0 Å². The molecule has 0 spiro atoms.